The van der Waals surface area contributed by atoms with Crippen molar-refractivity contribution in [3.8, 4) is 0 Å². The molecule has 1 aliphatic heterocycles. The van der Waals surface area contributed by atoms with E-state index in [4.69, 9.17) is 4.74 Å². The van der Waals surface area contributed by atoms with Crippen molar-refractivity contribution in [2.24, 2.45) is 5.92 Å². The first-order valence-corrected chi connectivity index (χ1v) is 8.01. The fraction of sp³-hybridized carbons (Fsp3) is 0.467. The van der Waals surface area contributed by atoms with Gasteiger partial charge in [-0.05, 0) is 60.6 Å². The molecule has 1 saturated heterocycles. The van der Waals surface area contributed by atoms with E-state index in [9.17, 15) is 14.0 Å². The van der Waals surface area contributed by atoms with Crippen LogP contribution in [0.3, 0.4) is 0 Å². The van der Waals surface area contributed by atoms with Crippen LogP contribution in [-0.4, -0.2) is 36.5 Å². The van der Waals surface area contributed by atoms with Gasteiger partial charge >= 0.3 is 5.97 Å². The standard InChI is InChI=1S/C15H17FINO3/c1-2-21-15(20)10-5-7-18(8-6-10)14(19)12-4-3-11(16)9-13(12)17/h3-4,9-10H,2,5-8H2,1H3. The Kier molecular flexibility index (Phi) is 5.55. The number of esters is 1. The van der Waals surface area contributed by atoms with E-state index in [1.807, 2.05) is 22.6 Å². The molecule has 0 saturated carbocycles. The summed E-state index contributed by atoms with van der Waals surface area (Å²) in [6.45, 7) is 3.21. The molecule has 0 aliphatic carbocycles. The van der Waals surface area contributed by atoms with Crippen LogP contribution in [0.1, 0.15) is 30.1 Å². The minimum Gasteiger partial charge on any atom is -0.466 e. The minimum absolute atomic E-state index is 0.110. The normalized spacial score (nSPS) is 15.9. The Balaban J connectivity index is 1.98. The largest absolute Gasteiger partial charge is 0.466 e. The van der Waals surface area contributed by atoms with Gasteiger partial charge in [0.15, 0.2) is 0 Å². The molecule has 1 aromatic rings. The van der Waals surface area contributed by atoms with Crippen molar-refractivity contribution in [3.63, 3.8) is 0 Å². The van der Waals surface area contributed by atoms with E-state index >= 15 is 0 Å². The number of ether oxygens (including phenoxy) is 1. The molecule has 1 amide bonds. The molecule has 0 spiro atoms. The molecule has 1 fully saturated rings. The first-order valence-electron chi connectivity index (χ1n) is 6.94. The van der Waals surface area contributed by atoms with Crippen molar-refractivity contribution in [1.29, 1.82) is 0 Å². The number of halogens is 2. The van der Waals surface area contributed by atoms with Gasteiger partial charge < -0.3 is 9.64 Å². The van der Waals surface area contributed by atoms with Gasteiger partial charge in [0.05, 0.1) is 18.1 Å². The van der Waals surface area contributed by atoms with Crippen molar-refractivity contribution >= 4 is 34.5 Å². The molecule has 1 aromatic carbocycles. The molecular weight excluding hydrogens is 388 g/mol. The molecule has 0 atom stereocenters. The summed E-state index contributed by atoms with van der Waals surface area (Å²) in [6.07, 6.45) is 1.23. The summed E-state index contributed by atoms with van der Waals surface area (Å²) >= 11 is 1.96. The Morgan fingerprint density at radius 1 is 1.38 bits per heavy atom. The zero-order valence-corrected chi connectivity index (χ0v) is 13.9. The molecule has 6 heteroatoms. The van der Waals surface area contributed by atoms with Crippen molar-refractivity contribution in [2.75, 3.05) is 19.7 Å². The lowest BCUT2D eigenvalue weighted by Gasteiger charge is -2.31. The molecule has 21 heavy (non-hydrogen) atoms. The van der Waals surface area contributed by atoms with Gasteiger partial charge in [0.25, 0.3) is 5.91 Å². The van der Waals surface area contributed by atoms with Gasteiger partial charge in [-0.25, -0.2) is 4.39 Å². The molecule has 0 aromatic heterocycles. The fourth-order valence-corrected chi connectivity index (χ4v) is 3.12. The Bertz CT molecular complexity index is 542. The highest BCUT2D eigenvalue weighted by Gasteiger charge is 2.29. The number of rotatable bonds is 3. The van der Waals surface area contributed by atoms with E-state index in [-0.39, 0.29) is 23.6 Å². The smallest absolute Gasteiger partial charge is 0.309 e. The van der Waals surface area contributed by atoms with E-state index in [1.165, 1.54) is 18.2 Å². The third kappa shape index (κ3) is 3.93. The number of hydrogen-bond acceptors (Lipinski definition) is 3. The lowest BCUT2D eigenvalue weighted by molar-refractivity contribution is -0.149. The lowest BCUT2D eigenvalue weighted by atomic mass is 9.96. The van der Waals surface area contributed by atoms with Crippen molar-refractivity contribution in [3.05, 3.63) is 33.1 Å². The molecule has 1 heterocycles. The maximum absolute atomic E-state index is 13.1. The van der Waals surface area contributed by atoms with Crippen LogP contribution in [-0.2, 0) is 9.53 Å². The molecule has 0 radical (unpaired) electrons. The first-order chi connectivity index (χ1) is 10.0. The van der Waals surface area contributed by atoms with Crippen molar-refractivity contribution in [2.45, 2.75) is 19.8 Å². The van der Waals surface area contributed by atoms with Gasteiger partial charge in [-0.2, -0.15) is 0 Å². The van der Waals surface area contributed by atoms with E-state index in [2.05, 4.69) is 0 Å². The predicted molar refractivity (Wildman–Crippen MR) is 84.4 cm³/mol. The Hall–Kier alpha value is -1.18. The van der Waals surface area contributed by atoms with E-state index in [0.29, 0.717) is 41.7 Å². The van der Waals surface area contributed by atoms with E-state index in [0.717, 1.165) is 0 Å². The Labute approximate surface area is 136 Å². The molecule has 0 N–H and O–H groups in total. The molecule has 0 bridgehead atoms. The average Bonchev–Trinajstić information content (AvgIpc) is 2.47. The van der Waals surface area contributed by atoms with E-state index < -0.39 is 0 Å². The highest BCUT2D eigenvalue weighted by Crippen LogP contribution is 2.22. The molecular formula is C15H17FINO3. The summed E-state index contributed by atoms with van der Waals surface area (Å²) in [7, 11) is 0. The van der Waals surface area contributed by atoms with Crippen LogP contribution in [0.5, 0.6) is 0 Å². The molecule has 4 nitrogen and oxygen atoms in total. The second-order valence-corrected chi connectivity index (χ2v) is 6.10. The Morgan fingerprint density at radius 2 is 2.05 bits per heavy atom. The second kappa shape index (κ2) is 7.20. The quantitative estimate of drug-likeness (QED) is 0.574. The Morgan fingerprint density at radius 3 is 2.62 bits per heavy atom. The second-order valence-electron chi connectivity index (χ2n) is 4.94. The van der Waals surface area contributed by atoms with Crippen LogP contribution >= 0.6 is 22.6 Å². The summed E-state index contributed by atoms with van der Waals surface area (Å²) in [5.41, 5.74) is 0.506. The molecule has 114 valence electrons. The topological polar surface area (TPSA) is 46.6 Å². The SMILES string of the molecule is CCOC(=O)C1CCN(C(=O)c2ccc(F)cc2I)CC1. The zero-order chi connectivity index (χ0) is 15.4. The van der Waals surface area contributed by atoms with Crippen molar-refractivity contribution in [1.82, 2.24) is 4.90 Å². The monoisotopic (exact) mass is 405 g/mol. The van der Waals surface area contributed by atoms with Gasteiger partial charge in [0.1, 0.15) is 5.82 Å². The van der Waals surface area contributed by atoms with Crippen LogP contribution < -0.4 is 0 Å². The highest BCUT2D eigenvalue weighted by atomic mass is 127. The number of hydrogen-bond donors (Lipinski definition) is 0. The van der Waals surface area contributed by atoms with Crippen LogP contribution in [0, 0.1) is 15.3 Å². The van der Waals surface area contributed by atoms with Crippen molar-refractivity contribution < 1.29 is 18.7 Å². The highest BCUT2D eigenvalue weighted by molar-refractivity contribution is 14.1. The fourth-order valence-electron chi connectivity index (χ4n) is 2.41. The number of nitrogens with zero attached hydrogens (tertiary/aromatic N) is 1. The third-order valence-electron chi connectivity index (χ3n) is 3.56. The molecule has 2 rings (SSSR count). The number of carbonyl (C=O) groups is 2. The zero-order valence-electron chi connectivity index (χ0n) is 11.8. The summed E-state index contributed by atoms with van der Waals surface area (Å²) < 4.78 is 18.7. The van der Waals surface area contributed by atoms with Crippen LogP contribution in [0.25, 0.3) is 0 Å². The minimum atomic E-state index is -0.350. The van der Waals surface area contributed by atoms with Gasteiger partial charge in [0, 0.05) is 16.7 Å². The summed E-state index contributed by atoms with van der Waals surface area (Å²) in [5, 5.41) is 0. The van der Waals surface area contributed by atoms with Gasteiger partial charge in [-0.15, -0.1) is 0 Å². The maximum Gasteiger partial charge on any atom is 0.309 e. The summed E-state index contributed by atoms with van der Waals surface area (Å²) in [4.78, 5) is 25.8. The summed E-state index contributed by atoms with van der Waals surface area (Å²) in [5.74, 6) is -0.763. The van der Waals surface area contributed by atoms with Crippen LogP contribution in [0.2, 0.25) is 0 Å². The van der Waals surface area contributed by atoms with Crippen LogP contribution in [0.4, 0.5) is 4.39 Å². The van der Waals surface area contributed by atoms with Gasteiger partial charge in [-0.1, -0.05) is 0 Å². The molecule has 1 aliphatic rings. The van der Waals surface area contributed by atoms with Gasteiger partial charge in [-0.3, -0.25) is 9.59 Å². The lowest BCUT2D eigenvalue weighted by Crippen LogP contribution is -2.40. The predicted octanol–water partition coefficient (Wildman–Crippen LogP) is 2.85. The molecule has 0 unspecified atom stereocenters. The number of amides is 1. The number of piperidine rings is 1. The number of benzene rings is 1. The number of carbonyl (C=O) groups excluding carboxylic acids is 2. The average molecular weight is 405 g/mol. The summed E-state index contributed by atoms with van der Waals surface area (Å²) in [6, 6.07) is 4.15. The third-order valence-corrected chi connectivity index (χ3v) is 4.46. The first kappa shape index (κ1) is 16.2. The number of likely N-dealkylation sites (tertiary alicyclic amines) is 1. The van der Waals surface area contributed by atoms with E-state index in [1.54, 1.807) is 11.8 Å². The maximum atomic E-state index is 13.1. The van der Waals surface area contributed by atoms with Crippen LogP contribution in [0.15, 0.2) is 18.2 Å². The van der Waals surface area contributed by atoms with Gasteiger partial charge in [0.2, 0.25) is 0 Å².